The van der Waals surface area contributed by atoms with E-state index in [1.807, 2.05) is 26.0 Å². The molecule has 0 bridgehead atoms. The summed E-state index contributed by atoms with van der Waals surface area (Å²) in [4.78, 5) is 14.9. The molecule has 2 fully saturated rings. The fourth-order valence-electron chi connectivity index (χ4n) is 5.30. The molecule has 4 rings (SSSR count). The number of amides is 1. The highest BCUT2D eigenvalue weighted by Crippen LogP contribution is 2.49. The van der Waals surface area contributed by atoms with Crippen molar-refractivity contribution in [2.75, 3.05) is 32.7 Å². The highest BCUT2D eigenvalue weighted by Gasteiger charge is 2.52. The van der Waals surface area contributed by atoms with Crippen LogP contribution in [-0.2, 0) is 14.9 Å². The van der Waals surface area contributed by atoms with Crippen LogP contribution < -0.4 is 10.6 Å². The Morgan fingerprint density at radius 3 is 2.63 bits per heavy atom. The molecule has 0 unspecified atom stereocenters. The minimum absolute atomic E-state index is 0.0267. The Kier molecular flexibility index (Phi) is 5.25. The molecule has 1 aromatic rings. The Balaban J connectivity index is 1.49. The van der Waals surface area contributed by atoms with Gasteiger partial charge in [-0.15, -0.1) is 0 Å². The van der Waals surface area contributed by atoms with Gasteiger partial charge in [0, 0.05) is 18.5 Å². The number of piperidine rings is 1. The Labute approximate surface area is 161 Å². The first-order chi connectivity index (χ1) is 13.0. The van der Waals surface area contributed by atoms with E-state index in [0.717, 1.165) is 44.6 Å². The number of aliphatic hydroxyl groups is 1. The topological polar surface area (TPSA) is 73.8 Å². The van der Waals surface area contributed by atoms with Gasteiger partial charge in [0.25, 0.3) is 0 Å². The van der Waals surface area contributed by atoms with Crippen molar-refractivity contribution >= 4 is 5.91 Å². The molecule has 4 atom stereocenters. The van der Waals surface area contributed by atoms with Crippen molar-refractivity contribution in [2.45, 2.75) is 56.5 Å². The van der Waals surface area contributed by atoms with E-state index in [-0.39, 0.29) is 29.6 Å². The minimum atomic E-state index is -0.580. The Hall–Kier alpha value is -1.47. The van der Waals surface area contributed by atoms with Crippen molar-refractivity contribution in [1.82, 2.24) is 15.5 Å². The standard InChI is InChI=1S/C21H31N3O3/c1-14-11-24(12-15(2)27-14)13-18(25)23-19-16-5-3-4-6-17(16)21(20(19)26)7-9-22-10-8-21/h3-6,14-15,19-20,22,26H,7-13H2,1-2H3,(H,23,25)/t14-,15+,19-,20+/m0/s1. The Bertz CT molecular complexity index is 679. The van der Waals surface area contributed by atoms with Crippen LogP contribution in [0.25, 0.3) is 0 Å². The number of aliphatic hydroxyl groups excluding tert-OH is 1. The predicted octanol–water partition coefficient (Wildman–Crippen LogP) is 0.949. The van der Waals surface area contributed by atoms with Crippen LogP contribution in [0.2, 0.25) is 0 Å². The average Bonchev–Trinajstić information content (AvgIpc) is 2.85. The summed E-state index contributed by atoms with van der Waals surface area (Å²) < 4.78 is 5.75. The molecule has 27 heavy (non-hydrogen) atoms. The van der Waals surface area contributed by atoms with Crippen molar-refractivity contribution in [1.29, 1.82) is 0 Å². The van der Waals surface area contributed by atoms with Crippen LogP contribution in [0.3, 0.4) is 0 Å². The monoisotopic (exact) mass is 373 g/mol. The van der Waals surface area contributed by atoms with E-state index in [1.54, 1.807) is 0 Å². The van der Waals surface area contributed by atoms with E-state index in [4.69, 9.17) is 4.74 Å². The fraction of sp³-hybridized carbons (Fsp3) is 0.667. The van der Waals surface area contributed by atoms with Gasteiger partial charge in [-0.3, -0.25) is 9.69 Å². The van der Waals surface area contributed by atoms with Crippen molar-refractivity contribution in [3.05, 3.63) is 35.4 Å². The summed E-state index contributed by atoms with van der Waals surface area (Å²) >= 11 is 0. The van der Waals surface area contributed by atoms with E-state index >= 15 is 0 Å². The number of benzene rings is 1. The third-order valence-corrected chi connectivity index (χ3v) is 6.39. The van der Waals surface area contributed by atoms with Gasteiger partial charge < -0.3 is 20.5 Å². The third-order valence-electron chi connectivity index (χ3n) is 6.39. The van der Waals surface area contributed by atoms with Gasteiger partial charge in [-0.25, -0.2) is 0 Å². The predicted molar refractivity (Wildman–Crippen MR) is 104 cm³/mol. The molecule has 6 heteroatoms. The average molecular weight is 373 g/mol. The SMILES string of the molecule is C[C@@H]1CN(CC(=O)N[C@H]2c3ccccc3C3(CCNCC3)[C@@H]2O)C[C@H](C)O1. The molecule has 2 saturated heterocycles. The number of morpholine rings is 1. The molecule has 148 valence electrons. The summed E-state index contributed by atoms with van der Waals surface area (Å²) in [5.74, 6) is -0.0267. The molecule has 0 saturated carbocycles. The highest BCUT2D eigenvalue weighted by molar-refractivity contribution is 5.79. The molecule has 0 aromatic heterocycles. The molecule has 1 aromatic carbocycles. The molecule has 1 amide bonds. The van der Waals surface area contributed by atoms with Crippen LogP contribution in [0.15, 0.2) is 24.3 Å². The lowest BCUT2D eigenvalue weighted by atomic mass is 9.72. The summed E-state index contributed by atoms with van der Waals surface area (Å²) in [6.45, 7) is 7.74. The van der Waals surface area contributed by atoms with Crippen molar-refractivity contribution in [2.24, 2.45) is 0 Å². The van der Waals surface area contributed by atoms with E-state index in [2.05, 4.69) is 27.7 Å². The number of nitrogens with zero attached hydrogens (tertiary/aromatic N) is 1. The van der Waals surface area contributed by atoms with E-state index < -0.39 is 6.10 Å². The fourth-order valence-corrected chi connectivity index (χ4v) is 5.30. The van der Waals surface area contributed by atoms with Gasteiger partial charge in [-0.05, 0) is 50.9 Å². The van der Waals surface area contributed by atoms with Crippen molar-refractivity contribution < 1.29 is 14.6 Å². The maximum atomic E-state index is 12.8. The smallest absolute Gasteiger partial charge is 0.234 e. The molecular weight excluding hydrogens is 342 g/mol. The number of ether oxygens (including phenoxy) is 1. The largest absolute Gasteiger partial charge is 0.390 e. The molecule has 2 heterocycles. The second-order valence-electron chi connectivity index (χ2n) is 8.43. The summed E-state index contributed by atoms with van der Waals surface area (Å²) in [5, 5.41) is 17.8. The van der Waals surface area contributed by atoms with Gasteiger partial charge in [-0.1, -0.05) is 24.3 Å². The second-order valence-corrected chi connectivity index (χ2v) is 8.43. The lowest BCUT2D eigenvalue weighted by Crippen LogP contribution is -2.51. The number of rotatable bonds is 3. The minimum Gasteiger partial charge on any atom is -0.390 e. The summed E-state index contributed by atoms with van der Waals surface area (Å²) in [7, 11) is 0. The molecular formula is C21H31N3O3. The first-order valence-corrected chi connectivity index (χ1v) is 10.1. The van der Waals surface area contributed by atoms with Crippen LogP contribution in [-0.4, -0.2) is 66.9 Å². The lowest BCUT2D eigenvalue weighted by Gasteiger charge is -2.39. The van der Waals surface area contributed by atoms with Gasteiger partial charge in [0.1, 0.15) is 0 Å². The number of hydrogen-bond acceptors (Lipinski definition) is 5. The van der Waals surface area contributed by atoms with E-state index in [1.165, 1.54) is 5.56 Å². The second kappa shape index (κ2) is 7.51. The van der Waals surface area contributed by atoms with Gasteiger partial charge in [0.15, 0.2) is 0 Å². The quantitative estimate of drug-likeness (QED) is 0.736. The third kappa shape index (κ3) is 3.51. The summed E-state index contributed by atoms with van der Waals surface area (Å²) in [6, 6.07) is 7.88. The number of carbonyl (C=O) groups excluding carboxylic acids is 1. The maximum absolute atomic E-state index is 12.8. The zero-order valence-corrected chi connectivity index (χ0v) is 16.3. The number of hydrogen-bond donors (Lipinski definition) is 3. The molecule has 1 spiro atoms. The van der Waals surface area contributed by atoms with Crippen LogP contribution in [0.1, 0.15) is 43.9 Å². The molecule has 2 aliphatic heterocycles. The number of fused-ring (bicyclic) bond motifs is 2. The first kappa shape index (κ1) is 18.9. The molecule has 3 N–H and O–H groups in total. The van der Waals surface area contributed by atoms with E-state index in [9.17, 15) is 9.90 Å². The summed E-state index contributed by atoms with van der Waals surface area (Å²) in [5.41, 5.74) is 2.03. The van der Waals surface area contributed by atoms with Gasteiger partial charge in [0.05, 0.1) is 30.9 Å². The van der Waals surface area contributed by atoms with Crippen LogP contribution in [0.5, 0.6) is 0 Å². The normalized spacial score (nSPS) is 33.0. The number of nitrogens with one attached hydrogen (secondary N) is 2. The molecule has 0 radical (unpaired) electrons. The molecule has 6 nitrogen and oxygen atoms in total. The maximum Gasteiger partial charge on any atom is 0.234 e. The molecule has 3 aliphatic rings. The molecule has 1 aliphatic carbocycles. The van der Waals surface area contributed by atoms with Crippen LogP contribution >= 0.6 is 0 Å². The van der Waals surface area contributed by atoms with Gasteiger partial charge in [0.2, 0.25) is 5.91 Å². The van der Waals surface area contributed by atoms with E-state index in [0.29, 0.717) is 6.54 Å². The zero-order chi connectivity index (χ0) is 19.0. The highest BCUT2D eigenvalue weighted by atomic mass is 16.5. The van der Waals surface area contributed by atoms with Gasteiger partial charge >= 0.3 is 0 Å². The Morgan fingerprint density at radius 2 is 1.93 bits per heavy atom. The van der Waals surface area contributed by atoms with Crippen LogP contribution in [0.4, 0.5) is 0 Å². The van der Waals surface area contributed by atoms with Crippen molar-refractivity contribution in [3.8, 4) is 0 Å². The number of carbonyl (C=O) groups is 1. The first-order valence-electron chi connectivity index (χ1n) is 10.1. The summed E-state index contributed by atoms with van der Waals surface area (Å²) in [6.07, 6.45) is 1.49. The zero-order valence-electron chi connectivity index (χ0n) is 16.3. The lowest BCUT2D eigenvalue weighted by molar-refractivity contribution is -0.127. The van der Waals surface area contributed by atoms with Crippen molar-refractivity contribution in [3.63, 3.8) is 0 Å². The van der Waals surface area contributed by atoms with Gasteiger partial charge in [-0.2, -0.15) is 0 Å². The Morgan fingerprint density at radius 1 is 1.26 bits per heavy atom. The van der Waals surface area contributed by atoms with Crippen LogP contribution in [0, 0.1) is 0 Å².